The van der Waals surface area contributed by atoms with Gasteiger partial charge in [0.2, 0.25) is 5.91 Å². The van der Waals surface area contributed by atoms with Crippen LogP contribution in [0.25, 0.3) is 0 Å². The fourth-order valence-electron chi connectivity index (χ4n) is 3.97. The third kappa shape index (κ3) is 5.19. The van der Waals surface area contributed by atoms with Gasteiger partial charge >= 0.3 is 0 Å². The molecule has 2 aromatic carbocycles. The van der Waals surface area contributed by atoms with E-state index in [1.54, 1.807) is 40.0 Å². The van der Waals surface area contributed by atoms with Gasteiger partial charge in [0.1, 0.15) is 5.82 Å². The minimum atomic E-state index is -0.128. The fraction of sp³-hybridized carbons (Fsp3) is 0.320. The number of anilines is 1. The molecule has 166 valence electrons. The van der Waals surface area contributed by atoms with E-state index in [0.717, 1.165) is 12.0 Å². The van der Waals surface area contributed by atoms with Crippen LogP contribution in [-0.4, -0.2) is 39.6 Å². The number of hydrogen-bond acceptors (Lipinski definition) is 3. The molecule has 3 aromatic rings. The molecule has 0 unspecified atom stereocenters. The number of hydrogen-bond donors (Lipinski definition) is 1. The van der Waals surface area contributed by atoms with Gasteiger partial charge in [-0.25, -0.2) is 4.68 Å². The lowest BCUT2D eigenvalue weighted by molar-refractivity contribution is -0.121. The third-order valence-electron chi connectivity index (χ3n) is 5.98. The Morgan fingerprint density at radius 2 is 1.66 bits per heavy atom. The Balaban J connectivity index is 1.32. The van der Waals surface area contributed by atoms with Crippen molar-refractivity contribution in [1.82, 2.24) is 14.7 Å². The fourth-order valence-corrected chi connectivity index (χ4v) is 4.09. The number of halogens is 1. The number of benzene rings is 2. The normalized spacial score (nSPS) is 14.4. The van der Waals surface area contributed by atoms with Gasteiger partial charge < -0.3 is 10.2 Å². The molecule has 1 saturated heterocycles. The number of nitrogens with zero attached hydrogens (tertiary/aromatic N) is 3. The van der Waals surface area contributed by atoms with Crippen LogP contribution in [0, 0.1) is 5.92 Å². The summed E-state index contributed by atoms with van der Waals surface area (Å²) in [7, 11) is 0. The molecule has 0 saturated carbocycles. The highest BCUT2D eigenvalue weighted by Gasteiger charge is 2.28. The molecule has 2 amide bonds. The van der Waals surface area contributed by atoms with Gasteiger partial charge in [-0.1, -0.05) is 42.8 Å². The van der Waals surface area contributed by atoms with Gasteiger partial charge in [-0.05, 0) is 54.7 Å². The van der Waals surface area contributed by atoms with Crippen molar-refractivity contribution in [3.8, 4) is 0 Å². The van der Waals surface area contributed by atoms with E-state index in [1.165, 1.54) is 5.56 Å². The van der Waals surface area contributed by atoms with E-state index in [-0.39, 0.29) is 17.7 Å². The zero-order valence-corrected chi connectivity index (χ0v) is 18.9. The lowest BCUT2D eigenvalue weighted by Gasteiger charge is -2.31. The zero-order valence-electron chi connectivity index (χ0n) is 18.1. The van der Waals surface area contributed by atoms with Gasteiger partial charge in [-0.3, -0.25) is 9.59 Å². The predicted molar refractivity (Wildman–Crippen MR) is 126 cm³/mol. The van der Waals surface area contributed by atoms with Crippen molar-refractivity contribution in [2.75, 3.05) is 18.4 Å². The van der Waals surface area contributed by atoms with Crippen LogP contribution in [-0.2, 0) is 17.8 Å². The van der Waals surface area contributed by atoms with Crippen LogP contribution < -0.4 is 5.32 Å². The van der Waals surface area contributed by atoms with E-state index in [1.807, 2.05) is 6.07 Å². The quantitative estimate of drug-likeness (QED) is 0.595. The molecule has 0 aliphatic carbocycles. The molecular weight excluding hydrogens is 424 g/mol. The van der Waals surface area contributed by atoms with E-state index in [0.29, 0.717) is 48.9 Å². The van der Waals surface area contributed by atoms with Crippen molar-refractivity contribution in [2.45, 2.75) is 32.7 Å². The first kappa shape index (κ1) is 22.1. The molecule has 0 spiro atoms. The van der Waals surface area contributed by atoms with Gasteiger partial charge in [0.25, 0.3) is 5.91 Å². The van der Waals surface area contributed by atoms with Gasteiger partial charge in [-0.15, -0.1) is 0 Å². The van der Waals surface area contributed by atoms with Crippen molar-refractivity contribution < 1.29 is 9.59 Å². The summed E-state index contributed by atoms with van der Waals surface area (Å²) in [6, 6.07) is 17.2. The third-order valence-corrected chi connectivity index (χ3v) is 6.23. The number of nitrogens with one attached hydrogen (secondary N) is 1. The summed E-state index contributed by atoms with van der Waals surface area (Å²) in [5, 5.41) is 8.00. The van der Waals surface area contributed by atoms with Gasteiger partial charge in [-0.2, -0.15) is 5.10 Å². The molecule has 2 heterocycles. The SMILES string of the molecule is CCc1ccc(Cn2nccc2NC(=O)C2CCN(C(=O)c3ccc(Cl)cc3)CC2)cc1. The van der Waals surface area contributed by atoms with Crippen LogP contribution in [0.15, 0.2) is 60.8 Å². The topological polar surface area (TPSA) is 67.2 Å². The number of amides is 2. The molecule has 6 nitrogen and oxygen atoms in total. The average molecular weight is 451 g/mol. The number of aromatic nitrogens is 2. The highest BCUT2D eigenvalue weighted by Crippen LogP contribution is 2.22. The standard InChI is InChI=1S/C25H27ClN4O2/c1-2-18-3-5-19(6-4-18)17-30-23(11-14-27-30)28-24(31)20-12-15-29(16-13-20)25(32)21-7-9-22(26)10-8-21/h3-11,14,20H,2,12-13,15-17H2,1H3,(H,28,31). The van der Waals surface area contributed by atoms with Gasteiger partial charge in [0.05, 0.1) is 12.7 Å². The first-order valence-corrected chi connectivity index (χ1v) is 11.4. The van der Waals surface area contributed by atoms with E-state index in [4.69, 9.17) is 11.6 Å². The monoisotopic (exact) mass is 450 g/mol. The maximum absolute atomic E-state index is 12.9. The summed E-state index contributed by atoms with van der Waals surface area (Å²) >= 11 is 5.91. The summed E-state index contributed by atoms with van der Waals surface area (Å²) in [4.78, 5) is 27.3. The molecule has 0 bridgehead atoms. The van der Waals surface area contributed by atoms with E-state index in [9.17, 15) is 9.59 Å². The average Bonchev–Trinajstić information content (AvgIpc) is 3.26. The Bertz CT molecular complexity index is 1070. The summed E-state index contributed by atoms with van der Waals surface area (Å²) in [6.45, 7) is 3.85. The van der Waals surface area contributed by atoms with Crippen molar-refractivity contribution in [3.63, 3.8) is 0 Å². The maximum Gasteiger partial charge on any atom is 0.253 e. The molecular formula is C25H27ClN4O2. The molecule has 0 radical (unpaired) electrons. The Morgan fingerprint density at radius 1 is 1.00 bits per heavy atom. The van der Waals surface area contributed by atoms with Crippen LogP contribution in [0.5, 0.6) is 0 Å². The number of carbonyl (C=O) groups excluding carboxylic acids is 2. The summed E-state index contributed by atoms with van der Waals surface area (Å²) < 4.78 is 1.80. The number of rotatable bonds is 6. The lowest BCUT2D eigenvalue weighted by Crippen LogP contribution is -2.41. The first-order chi connectivity index (χ1) is 15.5. The Kier molecular flexibility index (Phi) is 6.90. The summed E-state index contributed by atoms with van der Waals surface area (Å²) in [5.74, 6) is 0.519. The largest absolute Gasteiger partial charge is 0.339 e. The van der Waals surface area contributed by atoms with Crippen molar-refractivity contribution >= 4 is 29.2 Å². The van der Waals surface area contributed by atoms with Crippen molar-refractivity contribution in [2.24, 2.45) is 5.92 Å². The summed E-state index contributed by atoms with van der Waals surface area (Å²) in [5.41, 5.74) is 3.05. The smallest absolute Gasteiger partial charge is 0.253 e. The van der Waals surface area contributed by atoms with Crippen LogP contribution in [0.2, 0.25) is 5.02 Å². The molecule has 7 heteroatoms. The van der Waals surface area contributed by atoms with Gasteiger partial charge in [0.15, 0.2) is 0 Å². The number of aryl methyl sites for hydroxylation is 1. The minimum absolute atomic E-state index is 0.0207. The van der Waals surface area contributed by atoms with Crippen LogP contribution in [0.3, 0.4) is 0 Å². The molecule has 0 atom stereocenters. The number of likely N-dealkylation sites (tertiary alicyclic amines) is 1. The Morgan fingerprint density at radius 3 is 2.31 bits per heavy atom. The predicted octanol–water partition coefficient (Wildman–Crippen LogP) is 4.64. The van der Waals surface area contributed by atoms with Crippen LogP contribution >= 0.6 is 11.6 Å². The number of piperidine rings is 1. The second kappa shape index (κ2) is 10.0. The first-order valence-electron chi connectivity index (χ1n) is 11.0. The summed E-state index contributed by atoms with van der Waals surface area (Å²) in [6.07, 6.45) is 3.98. The molecule has 1 aliphatic rings. The molecule has 1 aliphatic heterocycles. The molecule has 32 heavy (non-hydrogen) atoms. The van der Waals surface area contributed by atoms with Crippen LogP contribution in [0.1, 0.15) is 41.3 Å². The highest BCUT2D eigenvalue weighted by atomic mass is 35.5. The molecule has 1 N–H and O–H groups in total. The maximum atomic E-state index is 12.9. The second-order valence-corrected chi connectivity index (χ2v) is 8.54. The molecule has 1 fully saturated rings. The second-order valence-electron chi connectivity index (χ2n) is 8.11. The van der Waals surface area contributed by atoms with Crippen molar-refractivity contribution in [3.05, 3.63) is 82.5 Å². The lowest BCUT2D eigenvalue weighted by atomic mass is 9.95. The Hall–Kier alpha value is -3.12. The molecule has 4 rings (SSSR count). The van der Waals surface area contributed by atoms with Crippen molar-refractivity contribution in [1.29, 1.82) is 0 Å². The number of carbonyl (C=O) groups is 2. The van der Waals surface area contributed by atoms with Gasteiger partial charge in [0, 0.05) is 35.7 Å². The molecule has 1 aromatic heterocycles. The van der Waals surface area contributed by atoms with Crippen LogP contribution in [0.4, 0.5) is 5.82 Å². The van der Waals surface area contributed by atoms with E-state index in [2.05, 4.69) is 41.6 Å². The van der Waals surface area contributed by atoms with E-state index < -0.39 is 0 Å². The minimum Gasteiger partial charge on any atom is -0.339 e. The highest BCUT2D eigenvalue weighted by molar-refractivity contribution is 6.30. The Labute approximate surface area is 193 Å². The zero-order chi connectivity index (χ0) is 22.5. The van der Waals surface area contributed by atoms with E-state index >= 15 is 0 Å².